The van der Waals surface area contributed by atoms with Crippen molar-refractivity contribution in [3.8, 4) is 28.7 Å². The minimum Gasteiger partial charge on any atom is -0.493 e. The molecular weight excluding hydrogens is 398 g/mol. The van der Waals surface area contributed by atoms with Crippen LogP contribution in [0.5, 0.6) is 28.7 Å². The number of hydrogen-bond donors (Lipinski definition) is 1. The standard InChI is InChI=1S/C24H33NO6/c1-15(2)31-19-10-9-18(14-20(19)27-4)16(3)25-23(26)11-8-17-12-21(28-5)24(30-7)22(13-17)29-6/h9-10,12-16H,8,11H2,1-7H3,(H,25,26). The summed E-state index contributed by atoms with van der Waals surface area (Å²) >= 11 is 0. The van der Waals surface area contributed by atoms with Crippen LogP contribution in [0.15, 0.2) is 30.3 Å². The van der Waals surface area contributed by atoms with Crippen molar-refractivity contribution in [1.82, 2.24) is 5.32 Å². The molecular formula is C24H33NO6. The predicted molar refractivity (Wildman–Crippen MR) is 120 cm³/mol. The summed E-state index contributed by atoms with van der Waals surface area (Å²) in [5, 5.41) is 3.04. The molecule has 0 saturated carbocycles. The number of carbonyl (C=O) groups is 1. The highest BCUT2D eigenvalue weighted by molar-refractivity contribution is 5.76. The number of nitrogens with one attached hydrogen (secondary N) is 1. The van der Waals surface area contributed by atoms with Gasteiger partial charge in [0, 0.05) is 6.42 Å². The third-order valence-corrected chi connectivity index (χ3v) is 4.79. The summed E-state index contributed by atoms with van der Waals surface area (Å²) in [5.74, 6) is 2.95. The molecule has 0 saturated heterocycles. The summed E-state index contributed by atoms with van der Waals surface area (Å²) in [6.07, 6.45) is 0.918. The second-order valence-electron chi connectivity index (χ2n) is 7.40. The third kappa shape index (κ3) is 6.44. The quantitative estimate of drug-likeness (QED) is 0.571. The fourth-order valence-corrected chi connectivity index (χ4v) is 3.24. The van der Waals surface area contributed by atoms with Crippen LogP contribution >= 0.6 is 0 Å². The van der Waals surface area contributed by atoms with Crippen LogP contribution in [0.4, 0.5) is 0 Å². The van der Waals surface area contributed by atoms with Crippen molar-refractivity contribution in [3.63, 3.8) is 0 Å². The fraction of sp³-hybridized carbons (Fsp3) is 0.458. The average Bonchev–Trinajstić information content (AvgIpc) is 2.76. The van der Waals surface area contributed by atoms with Gasteiger partial charge in [0.2, 0.25) is 11.7 Å². The van der Waals surface area contributed by atoms with Crippen LogP contribution in [-0.2, 0) is 11.2 Å². The van der Waals surface area contributed by atoms with Gasteiger partial charge in [0.05, 0.1) is 40.6 Å². The number of aryl methyl sites for hydroxylation is 1. The molecule has 31 heavy (non-hydrogen) atoms. The van der Waals surface area contributed by atoms with Crippen LogP contribution in [0.25, 0.3) is 0 Å². The molecule has 1 unspecified atom stereocenters. The van der Waals surface area contributed by atoms with Crippen molar-refractivity contribution in [1.29, 1.82) is 0 Å². The Bertz CT molecular complexity index is 855. The Morgan fingerprint density at radius 1 is 0.839 bits per heavy atom. The van der Waals surface area contributed by atoms with Gasteiger partial charge in [0.15, 0.2) is 23.0 Å². The number of amides is 1. The second-order valence-corrected chi connectivity index (χ2v) is 7.40. The van der Waals surface area contributed by atoms with Crippen molar-refractivity contribution in [3.05, 3.63) is 41.5 Å². The molecule has 2 aromatic carbocycles. The van der Waals surface area contributed by atoms with E-state index >= 15 is 0 Å². The molecule has 0 radical (unpaired) electrons. The van der Waals surface area contributed by atoms with E-state index in [1.807, 2.05) is 51.1 Å². The Hall–Kier alpha value is -3.09. The smallest absolute Gasteiger partial charge is 0.220 e. The molecule has 0 heterocycles. The first-order valence-electron chi connectivity index (χ1n) is 10.3. The molecule has 0 fully saturated rings. The topological polar surface area (TPSA) is 75.3 Å². The van der Waals surface area contributed by atoms with Crippen molar-refractivity contribution in [2.45, 2.75) is 45.8 Å². The lowest BCUT2D eigenvalue weighted by Crippen LogP contribution is -2.26. The zero-order chi connectivity index (χ0) is 23.0. The highest BCUT2D eigenvalue weighted by Gasteiger charge is 2.16. The van der Waals surface area contributed by atoms with E-state index in [-0.39, 0.29) is 18.1 Å². The van der Waals surface area contributed by atoms with Gasteiger partial charge < -0.3 is 29.0 Å². The lowest BCUT2D eigenvalue weighted by atomic mass is 10.1. The van der Waals surface area contributed by atoms with Crippen LogP contribution in [0.2, 0.25) is 0 Å². The molecule has 1 N–H and O–H groups in total. The Morgan fingerprint density at radius 2 is 1.45 bits per heavy atom. The molecule has 0 aliphatic heterocycles. The van der Waals surface area contributed by atoms with E-state index in [1.165, 1.54) is 0 Å². The number of methoxy groups -OCH3 is 4. The van der Waals surface area contributed by atoms with E-state index in [1.54, 1.807) is 28.4 Å². The van der Waals surface area contributed by atoms with Gasteiger partial charge in [0.1, 0.15) is 0 Å². The Balaban J connectivity index is 2.03. The first-order chi connectivity index (χ1) is 14.8. The minimum atomic E-state index is -0.172. The van der Waals surface area contributed by atoms with E-state index in [2.05, 4.69) is 5.32 Å². The molecule has 7 nitrogen and oxygen atoms in total. The van der Waals surface area contributed by atoms with Crippen molar-refractivity contribution in [2.24, 2.45) is 0 Å². The van der Waals surface area contributed by atoms with Crippen LogP contribution in [0.1, 0.15) is 44.4 Å². The lowest BCUT2D eigenvalue weighted by molar-refractivity contribution is -0.121. The summed E-state index contributed by atoms with van der Waals surface area (Å²) in [6.45, 7) is 5.86. The molecule has 2 aromatic rings. The number of rotatable bonds is 11. The minimum absolute atomic E-state index is 0.0482. The maximum Gasteiger partial charge on any atom is 0.220 e. The summed E-state index contributed by atoms with van der Waals surface area (Å²) in [6, 6.07) is 9.24. The van der Waals surface area contributed by atoms with E-state index in [0.717, 1.165) is 11.1 Å². The first-order valence-corrected chi connectivity index (χ1v) is 10.3. The maximum atomic E-state index is 12.5. The largest absolute Gasteiger partial charge is 0.493 e. The van der Waals surface area contributed by atoms with Crippen LogP contribution in [-0.4, -0.2) is 40.5 Å². The molecule has 0 aliphatic carbocycles. The van der Waals surface area contributed by atoms with E-state index < -0.39 is 0 Å². The van der Waals surface area contributed by atoms with Gasteiger partial charge in [-0.2, -0.15) is 0 Å². The van der Waals surface area contributed by atoms with Gasteiger partial charge in [-0.3, -0.25) is 4.79 Å². The van der Waals surface area contributed by atoms with Gasteiger partial charge in [-0.15, -0.1) is 0 Å². The van der Waals surface area contributed by atoms with Gasteiger partial charge in [-0.05, 0) is 62.6 Å². The zero-order valence-electron chi connectivity index (χ0n) is 19.4. The molecule has 170 valence electrons. The SMILES string of the molecule is COc1cc(C(C)NC(=O)CCc2cc(OC)c(OC)c(OC)c2)ccc1OC(C)C. The monoisotopic (exact) mass is 431 g/mol. The van der Waals surface area contributed by atoms with Gasteiger partial charge >= 0.3 is 0 Å². The molecule has 1 atom stereocenters. The van der Waals surface area contributed by atoms with Gasteiger partial charge in [-0.1, -0.05) is 6.07 Å². The van der Waals surface area contributed by atoms with Gasteiger partial charge in [0.25, 0.3) is 0 Å². The predicted octanol–water partition coefficient (Wildman–Crippen LogP) is 4.32. The summed E-state index contributed by atoms with van der Waals surface area (Å²) in [5.41, 5.74) is 1.86. The Morgan fingerprint density at radius 3 is 1.97 bits per heavy atom. The number of hydrogen-bond acceptors (Lipinski definition) is 6. The number of benzene rings is 2. The van der Waals surface area contributed by atoms with E-state index in [4.69, 9.17) is 23.7 Å². The summed E-state index contributed by atoms with van der Waals surface area (Å²) in [7, 11) is 6.31. The lowest BCUT2D eigenvalue weighted by Gasteiger charge is -2.18. The highest BCUT2D eigenvalue weighted by atomic mass is 16.5. The maximum absolute atomic E-state index is 12.5. The summed E-state index contributed by atoms with van der Waals surface area (Å²) in [4.78, 5) is 12.5. The zero-order valence-corrected chi connectivity index (χ0v) is 19.4. The molecule has 0 aliphatic rings. The normalized spacial score (nSPS) is 11.6. The van der Waals surface area contributed by atoms with E-state index in [0.29, 0.717) is 41.6 Å². The molecule has 7 heteroatoms. The van der Waals surface area contributed by atoms with Gasteiger partial charge in [-0.25, -0.2) is 0 Å². The molecule has 0 aromatic heterocycles. The third-order valence-electron chi connectivity index (χ3n) is 4.79. The average molecular weight is 432 g/mol. The number of ether oxygens (including phenoxy) is 5. The van der Waals surface area contributed by atoms with Crippen LogP contribution in [0.3, 0.4) is 0 Å². The Labute approximate surface area is 184 Å². The molecule has 0 spiro atoms. The Kier molecular flexibility index (Phi) is 8.85. The van der Waals surface area contributed by atoms with Crippen LogP contribution < -0.4 is 29.0 Å². The van der Waals surface area contributed by atoms with E-state index in [9.17, 15) is 4.79 Å². The van der Waals surface area contributed by atoms with Crippen molar-refractivity contribution >= 4 is 5.91 Å². The molecule has 2 rings (SSSR count). The second kappa shape index (κ2) is 11.3. The first kappa shape index (κ1) is 24.2. The number of carbonyl (C=O) groups excluding carboxylic acids is 1. The van der Waals surface area contributed by atoms with Crippen molar-refractivity contribution in [2.75, 3.05) is 28.4 Å². The molecule has 0 bridgehead atoms. The fourth-order valence-electron chi connectivity index (χ4n) is 3.24. The molecule has 1 amide bonds. The van der Waals surface area contributed by atoms with Crippen molar-refractivity contribution < 1.29 is 28.5 Å². The summed E-state index contributed by atoms with van der Waals surface area (Å²) < 4.78 is 27.3. The highest BCUT2D eigenvalue weighted by Crippen LogP contribution is 2.38. The van der Waals surface area contributed by atoms with Crippen LogP contribution in [0, 0.1) is 0 Å².